The smallest absolute Gasteiger partial charge is 0.0451 e. The van der Waals surface area contributed by atoms with Crippen molar-refractivity contribution < 1.29 is 0 Å². The summed E-state index contributed by atoms with van der Waals surface area (Å²) >= 11 is 6.20. The van der Waals surface area contributed by atoms with Gasteiger partial charge in [-0.2, -0.15) is 0 Å². The molecule has 0 aliphatic heterocycles. The largest absolute Gasteiger partial charge is 0.315 e. The first-order valence-corrected chi connectivity index (χ1v) is 7.55. The number of rotatable bonds is 8. The zero-order valence-corrected chi connectivity index (χ0v) is 13.4. The van der Waals surface area contributed by atoms with Gasteiger partial charge in [0.1, 0.15) is 0 Å². The van der Waals surface area contributed by atoms with E-state index in [2.05, 4.69) is 44.1 Å². The van der Waals surface area contributed by atoms with E-state index >= 15 is 0 Å². The van der Waals surface area contributed by atoms with Gasteiger partial charge in [0.25, 0.3) is 0 Å². The third kappa shape index (κ3) is 6.42. The number of benzene rings is 1. The van der Waals surface area contributed by atoms with Crippen LogP contribution in [0.4, 0.5) is 0 Å². The summed E-state index contributed by atoms with van der Waals surface area (Å²) in [6, 6.07) is 9.24. The molecule has 1 N–H and O–H groups in total. The molecule has 19 heavy (non-hydrogen) atoms. The Balaban J connectivity index is 2.32. The summed E-state index contributed by atoms with van der Waals surface area (Å²) < 4.78 is 0. The van der Waals surface area contributed by atoms with Gasteiger partial charge < -0.3 is 5.32 Å². The standard InChI is InChI=1S/C16H27ClN2/c1-13(2)18-11-7-8-14(3)19(4)12-15-9-5-6-10-16(15)17/h5-6,9-10,13-14,18H,7-8,11-12H2,1-4H3. The maximum absolute atomic E-state index is 6.20. The third-order valence-electron chi connectivity index (χ3n) is 3.48. The molecule has 1 unspecified atom stereocenters. The zero-order chi connectivity index (χ0) is 14.3. The van der Waals surface area contributed by atoms with Crippen LogP contribution in [0, 0.1) is 0 Å². The number of hydrogen-bond acceptors (Lipinski definition) is 2. The first kappa shape index (κ1) is 16.5. The Kier molecular flexibility index (Phi) is 7.44. The summed E-state index contributed by atoms with van der Waals surface area (Å²) in [6.07, 6.45) is 2.42. The second-order valence-electron chi connectivity index (χ2n) is 5.61. The lowest BCUT2D eigenvalue weighted by molar-refractivity contribution is 0.234. The number of halogens is 1. The molecule has 0 amide bonds. The summed E-state index contributed by atoms with van der Waals surface area (Å²) in [5.41, 5.74) is 1.21. The van der Waals surface area contributed by atoms with Crippen molar-refractivity contribution in [3.63, 3.8) is 0 Å². The Morgan fingerprint density at radius 1 is 1.21 bits per heavy atom. The molecule has 0 fully saturated rings. The molecule has 3 heteroatoms. The van der Waals surface area contributed by atoms with E-state index in [4.69, 9.17) is 11.6 Å². The fraction of sp³-hybridized carbons (Fsp3) is 0.625. The summed E-state index contributed by atoms with van der Waals surface area (Å²) in [6.45, 7) is 8.67. The molecule has 0 bridgehead atoms. The van der Waals surface area contributed by atoms with Crippen LogP contribution in [0.3, 0.4) is 0 Å². The lowest BCUT2D eigenvalue weighted by Crippen LogP contribution is -2.30. The Hall–Kier alpha value is -0.570. The second kappa shape index (κ2) is 8.57. The van der Waals surface area contributed by atoms with E-state index in [1.807, 2.05) is 18.2 Å². The molecular weight excluding hydrogens is 256 g/mol. The first-order chi connectivity index (χ1) is 9.00. The van der Waals surface area contributed by atoms with Gasteiger partial charge in [0.05, 0.1) is 0 Å². The predicted molar refractivity (Wildman–Crippen MR) is 84.8 cm³/mol. The Morgan fingerprint density at radius 3 is 2.53 bits per heavy atom. The predicted octanol–water partition coefficient (Wildman–Crippen LogP) is 3.94. The molecule has 1 aromatic rings. The third-order valence-corrected chi connectivity index (χ3v) is 3.85. The van der Waals surface area contributed by atoms with E-state index in [-0.39, 0.29) is 0 Å². The second-order valence-corrected chi connectivity index (χ2v) is 6.01. The number of nitrogens with zero attached hydrogens (tertiary/aromatic N) is 1. The molecule has 0 saturated carbocycles. The van der Waals surface area contributed by atoms with E-state index in [9.17, 15) is 0 Å². The lowest BCUT2D eigenvalue weighted by atomic mass is 10.1. The average Bonchev–Trinajstić information content (AvgIpc) is 2.36. The van der Waals surface area contributed by atoms with Crippen LogP contribution in [-0.2, 0) is 6.54 Å². The summed E-state index contributed by atoms with van der Waals surface area (Å²) in [5, 5.41) is 4.32. The molecule has 0 saturated heterocycles. The molecule has 0 radical (unpaired) electrons. The maximum Gasteiger partial charge on any atom is 0.0451 e. The topological polar surface area (TPSA) is 15.3 Å². The Morgan fingerprint density at radius 2 is 1.89 bits per heavy atom. The van der Waals surface area contributed by atoms with Crippen molar-refractivity contribution in [2.24, 2.45) is 0 Å². The van der Waals surface area contributed by atoms with E-state index in [0.717, 1.165) is 18.1 Å². The zero-order valence-electron chi connectivity index (χ0n) is 12.6. The van der Waals surface area contributed by atoms with Crippen LogP contribution >= 0.6 is 11.6 Å². The normalized spacial score (nSPS) is 13.2. The fourth-order valence-electron chi connectivity index (χ4n) is 2.06. The highest BCUT2D eigenvalue weighted by atomic mass is 35.5. The molecule has 1 atom stereocenters. The SMILES string of the molecule is CC(C)NCCCC(C)N(C)Cc1ccccc1Cl. The molecule has 0 aliphatic rings. The molecule has 0 spiro atoms. The van der Waals surface area contributed by atoms with Gasteiger partial charge in [0, 0.05) is 23.7 Å². The van der Waals surface area contributed by atoms with Crippen LogP contribution in [0.5, 0.6) is 0 Å². The molecule has 1 aromatic carbocycles. The van der Waals surface area contributed by atoms with Crippen LogP contribution in [0.15, 0.2) is 24.3 Å². The van der Waals surface area contributed by atoms with Gasteiger partial charge in [-0.3, -0.25) is 4.90 Å². The van der Waals surface area contributed by atoms with Crippen molar-refractivity contribution in [3.8, 4) is 0 Å². The Labute approximate surface area is 123 Å². The van der Waals surface area contributed by atoms with Crippen molar-refractivity contribution in [3.05, 3.63) is 34.9 Å². The van der Waals surface area contributed by atoms with E-state index < -0.39 is 0 Å². The van der Waals surface area contributed by atoms with E-state index in [0.29, 0.717) is 12.1 Å². The average molecular weight is 283 g/mol. The van der Waals surface area contributed by atoms with Crippen molar-refractivity contribution in [1.82, 2.24) is 10.2 Å². The minimum absolute atomic E-state index is 0.574. The molecule has 108 valence electrons. The van der Waals surface area contributed by atoms with Gasteiger partial charge in [-0.05, 0) is 45.0 Å². The highest BCUT2D eigenvalue weighted by Crippen LogP contribution is 2.18. The summed E-state index contributed by atoms with van der Waals surface area (Å²) in [5.74, 6) is 0. The molecule has 0 aromatic heterocycles. The first-order valence-electron chi connectivity index (χ1n) is 7.17. The van der Waals surface area contributed by atoms with Gasteiger partial charge in [0.2, 0.25) is 0 Å². The van der Waals surface area contributed by atoms with Crippen LogP contribution < -0.4 is 5.32 Å². The van der Waals surface area contributed by atoms with Crippen molar-refractivity contribution in [1.29, 1.82) is 0 Å². The highest BCUT2D eigenvalue weighted by molar-refractivity contribution is 6.31. The molecule has 0 aliphatic carbocycles. The van der Waals surface area contributed by atoms with Crippen molar-refractivity contribution in [2.75, 3.05) is 13.6 Å². The minimum Gasteiger partial charge on any atom is -0.315 e. The van der Waals surface area contributed by atoms with Gasteiger partial charge in [-0.15, -0.1) is 0 Å². The molecule has 2 nitrogen and oxygen atoms in total. The summed E-state index contributed by atoms with van der Waals surface area (Å²) in [7, 11) is 2.17. The van der Waals surface area contributed by atoms with Crippen LogP contribution in [-0.4, -0.2) is 30.6 Å². The number of nitrogens with one attached hydrogen (secondary N) is 1. The minimum atomic E-state index is 0.574. The van der Waals surface area contributed by atoms with Crippen molar-refractivity contribution in [2.45, 2.75) is 52.2 Å². The van der Waals surface area contributed by atoms with Gasteiger partial charge in [-0.25, -0.2) is 0 Å². The molecular formula is C16H27ClN2. The highest BCUT2D eigenvalue weighted by Gasteiger charge is 2.10. The summed E-state index contributed by atoms with van der Waals surface area (Å²) in [4.78, 5) is 2.37. The maximum atomic E-state index is 6.20. The lowest BCUT2D eigenvalue weighted by Gasteiger charge is -2.25. The monoisotopic (exact) mass is 282 g/mol. The van der Waals surface area contributed by atoms with Crippen LogP contribution in [0.2, 0.25) is 5.02 Å². The van der Waals surface area contributed by atoms with Gasteiger partial charge in [-0.1, -0.05) is 43.6 Å². The number of hydrogen-bond donors (Lipinski definition) is 1. The van der Waals surface area contributed by atoms with E-state index in [1.54, 1.807) is 0 Å². The Bertz CT molecular complexity index is 366. The van der Waals surface area contributed by atoms with Crippen LogP contribution in [0.1, 0.15) is 39.2 Å². The van der Waals surface area contributed by atoms with Gasteiger partial charge in [0.15, 0.2) is 0 Å². The molecule has 0 heterocycles. The van der Waals surface area contributed by atoms with Gasteiger partial charge >= 0.3 is 0 Å². The van der Waals surface area contributed by atoms with E-state index in [1.165, 1.54) is 18.4 Å². The fourth-order valence-corrected chi connectivity index (χ4v) is 2.26. The van der Waals surface area contributed by atoms with Crippen LogP contribution in [0.25, 0.3) is 0 Å². The quantitative estimate of drug-likeness (QED) is 0.727. The molecule has 1 rings (SSSR count). The van der Waals surface area contributed by atoms with Crippen molar-refractivity contribution >= 4 is 11.6 Å².